The molecule has 0 aliphatic carbocycles. The Hall–Kier alpha value is -3.84. The van der Waals surface area contributed by atoms with Crippen molar-refractivity contribution < 1.29 is 0 Å². The molecule has 0 atom stereocenters. The van der Waals surface area contributed by atoms with E-state index in [-0.39, 0.29) is 0 Å². The van der Waals surface area contributed by atoms with E-state index in [2.05, 4.69) is 114 Å². The average molecular weight is 369 g/mol. The Morgan fingerprint density at radius 3 is 1.83 bits per heavy atom. The van der Waals surface area contributed by atoms with Crippen molar-refractivity contribution in [3.8, 4) is 22.3 Å². The average Bonchev–Trinajstić information content (AvgIpc) is 3.17. The second-order valence-electron chi connectivity index (χ2n) is 7.51. The molecule has 0 aliphatic rings. The van der Waals surface area contributed by atoms with Gasteiger partial charge in [0.2, 0.25) is 0 Å². The van der Waals surface area contributed by atoms with Gasteiger partial charge in [-0.25, -0.2) is 0 Å². The lowest BCUT2D eigenvalue weighted by Gasteiger charge is -2.09. The maximum atomic E-state index is 3.66. The van der Waals surface area contributed by atoms with E-state index in [0.29, 0.717) is 0 Å². The van der Waals surface area contributed by atoms with Crippen LogP contribution in [0, 0.1) is 0 Å². The van der Waals surface area contributed by atoms with E-state index >= 15 is 0 Å². The van der Waals surface area contributed by atoms with Gasteiger partial charge >= 0.3 is 0 Å². The van der Waals surface area contributed by atoms with Gasteiger partial charge in [0.1, 0.15) is 0 Å². The first-order valence-corrected chi connectivity index (χ1v) is 9.96. The standard InChI is InChI=1S/C28H19N/c1-3-9-19(10-4-1)21-15-16-26-25(17-21)28-23-14-8-7-13-22(23)24(18-27(28)29-26)20-11-5-2-6-12-20/h1-18,29H. The van der Waals surface area contributed by atoms with Crippen molar-refractivity contribution in [1.82, 2.24) is 4.98 Å². The number of hydrogen-bond donors (Lipinski definition) is 1. The molecular formula is C28H19N. The van der Waals surface area contributed by atoms with Crippen LogP contribution in [0.5, 0.6) is 0 Å². The van der Waals surface area contributed by atoms with E-state index in [9.17, 15) is 0 Å². The second kappa shape index (κ2) is 6.35. The zero-order chi connectivity index (χ0) is 19.2. The van der Waals surface area contributed by atoms with Crippen molar-refractivity contribution in [2.24, 2.45) is 0 Å². The van der Waals surface area contributed by atoms with Crippen LogP contribution in [-0.2, 0) is 0 Å². The lowest BCUT2D eigenvalue weighted by Crippen LogP contribution is -1.83. The van der Waals surface area contributed by atoms with Gasteiger partial charge in [0, 0.05) is 21.8 Å². The largest absolute Gasteiger partial charge is 0.354 e. The van der Waals surface area contributed by atoms with Crippen LogP contribution in [0.3, 0.4) is 0 Å². The van der Waals surface area contributed by atoms with Crippen LogP contribution in [-0.4, -0.2) is 4.98 Å². The van der Waals surface area contributed by atoms with Crippen LogP contribution in [0.4, 0.5) is 0 Å². The highest BCUT2D eigenvalue weighted by molar-refractivity contribution is 6.23. The SMILES string of the molecule is c1ccc(-c2ccc3[nH]c4cc(-c5ccccc5)c5ccccc5c4c3c2)cc1. The maximum absolute atomic E-state index is 3.66. The third-order valence-corrected chi connectivity index (χ3v) is 5.79. The predicted molar refractivity (Wildman–Crippen MR) is 124 cm³/mol. The summed E-state index contributed by atoms with van der Waals surface area (Å²) in [6, 6.07) is 39.0. The quantitative estimate of drug-likeness (QED) is 0.320. The Balaban J connectivity index is 1.71. The van der Waals surface area contributed by atoms with Crippen LogP contribution < -0.4 is 0 Å². The summed E-state index contributed by atoms with van der Waals surface area (Å²) in [5.74, 6) is 0. The first-order valence-electron chi connectivity index (χ1n) is 9.96. The number of aromatic nitrogens is 1. The summed E-state index contributed by atoms with van der Waals surface area (Å²) in [7, 11) is 0. The van der Waals surface area contributed by atoms with E-state index in [1.54, 1.807) is 0 Å². The van der Waals surface area contributed by atoms with Gasteiger partial charge in [-0.15, -0.1) is 0 Å². The molecule has 0 radical (unpaired) electrons. The lowest BCUT2D eigenvalue weighted by molar-refractivity contribution is 1.54. The van der Waals surface area contributed by atoms with Crippen molar-refractivity contribution in [2.75, 3.05) is 0 Å². The Kier molecular flexibility index (Phi) is 3.54. The van der Waals surface area contributed by atoms with E-state index < -0.39 is 0 Å². The molecule has 0 spiro atoms. The number of rotatable bonds is 2. The van der Waals surface area contributed by atoms with Crippen LogP contribution in [0.2, 0.25) is 0 Å². The molecule has 6 rings (SSSR count). The lowest BCUT2D eigenvalue weighted by atomic mass is 9.94. The Bertz CT molecular complexity index is 1480. The first kappa shape index (κ1) is 16.1. The van der Waals surface area contributed by atoms with Gasteiger partial charge in [0.25, 0.3) is 0 Å². The Labute approximate surface area is 169 Å². The third-order valence-electron chi connectivity index (χ3n) is 5.79. The third kappa shape index (κ3) is 2.55. The van der Waals surface area contributed by atoms with E-state index in [4.69, 9.17) is 0 Å². The molecule has 1 nitrogen and oxygen atoms in total. The Morgan fingerprint density at radius 2 is 1.07 bits per heavy atom. The highest BCUT2D eigenvalue weighted by atomic mass is 14.7. The normalized spacial score (nSPS) is 11.4. The number of H-pyrrole nitrogens is 1. The van der Waals surface area contributed by atoms with Crippen LogP contribution in [0.1, 0.15) is 0 Å². The van der Waals surface area contributed by atoms with E-state index in [1.807, 2.05) is 0 Å². The minimum Gasteiger partial charge on any atom is -0.354 e. The molecule has 0 saturated carbocycles. The molecule has 0 saturated heterocycles. The molecule has 0 bridgehead atoms. The summed E-state index contributed by atoms with van der Waals surface area (Å²) in [5, 5.41) is 5.16. The van der Waals surface area contributed by atoms with Gasteiger partial charge in [-0.1, -0.05) is 91.0 Å². The molecule has 0 unspecified atom stereocenters. The number of hydrogen-bond acceptors (Lipinski definition) is 0. The van der Waals surface area contributed by atoms with Gasteiger partial charge in [0.15, 0.2) is 0 Å². The van der Waals surface area contributed by atoms with E-state index in [0.717, 1.165) is 0 Å². The molecule has 1 N–H and O–H groups in total. The zero-order valence-electron chi connectivity index (χ0n) is 15.9. The fraction of sp³-hybridized carbons (Fsp3) is 0. The number of nitrogens with one attached hydrogen (secondary N) is 1. The number of fused-ring (bicyclic) bond motifs is 5. The fourth-order valence-electron chi connectivity index (χ4n) is 4.44. The van der Waals surface area contributed by atoms with Crippen molar-refractivity contribution in [1.29, 1.82) is 0 Å². The monoisotopic (exact) mass is 369 g/mol. The summed E-state index contributed by atoms with van der Waals surface area (Å²) in [5.41, 5.74) is 7.36. The van der Waals surface area contributed by atoms with Crippen molar-refractivity contribution in [3.63, 3.8) is 0 Å². The van der Waals surface area contributed by atoms with Gasteiger partial charge in [-0.3, -0.25) is 0 Å². The molecule has 6 aromatic rings. The smallest absolute Gasteiger partial charge is 0.0477 e. The molecule has 1 aromatic heterocycles. The predicted octanol–water partition coefficient (Wildman–Crippen LogP) is 7.81. The molecule has 29 heavy (non-hydrogen) atoms. The summed E-state index contributed by atoms with van der Waals surface area (Å²) >= 11 is 0. The van der Waals surface area contributed by atoms with Gasteiger partial charge in [0.05, 0.1) is 0 Å². The van der Waals surface area contributed by atoms with Crippen LogP contribution in [0.25, 0.3) is 54.8 Å². The highest BCUT2D eigenvalue weighted by Crippen LogP contribution is 2.39. The molecule has 0 aliphatic heterocycles. The summed E-state index contributed by atoms with van der Waals surface area (Å²) in [6.45, 7) is 0. The summed E-state index contributed by atoms with van der Waals surface area (Å²) < 4.78 is 0. The van der Waals surface area contributed by atoms with E-state index in [1.165, 1.54) is 54.8 Å². The molecule has 0 amide bonds. The minimum atomic E-state index is 1.18. The first-order chi connectivity index (χ1) is 14.4. The van der Waals surface area contributed by atoms with Gasteiger partial charge < -0.3 is 4.98 Å². The summed E-state index contributed by atoms with van der Waals surface area (Å²) in [4.78, 5) is 3.66. The highest BCUT2D eigenvalue weighted by Gasteiger charge is 2.13. The van der Waals surface area contributed by atoms with Gasteiger partial charge in [-0.2, -0.15) is 0 Å². The van der Waals surface area contributed by atoms with Crippen molar-refractivity contribution in [3.05, 3.63) is 109 Å². The van der Waals surface area contributed by atoms with Crippen LogP contribution >= 0.6 is 0 Å². The second-order valence-corrected chi connectivity index (χ2v) is 7.51. The molecular weight excluding hydrogens is 350 g/mol. The molecule has 5 aromatic carbocycles. The van der Waals surface area contributed by atoms with Crippen LogP contribution in [0.15, 0.2) is 109 Å². The fourth-order valence-corrected chi connectivity index (χ4v) is 4.44. The minimum absolute atomic E-state index is 1.18. The number of benzene rings is 5. The van der Waals surface area contributed by atoms with Gasteiger partial charge in [-0.05, 0) is 51.2 Å². The Morgan fingerprint density at radius 1 is 0.414 bits per heavy atom. The molecule has 1 heteroatoms. The van der Waals surface area contributed by atoms with Crippen molar-refractivity contribution in [2.45, 2.75) is 0 Å². The van der Waals surface area contributed by atoms with Crippen molar-refractivity contribution >= 4 is 32.6 Å². The zero-order valence-corrected chi connectivity index (χ0v) is 15.9. The molecule has 136 valence electrons. The number of aromatic amines is 1. The topological polar surface area (TPSA) is 15.8 Å². The maximum Gasteiger partial charge on any atom is 0.0477 e. The summed E-state index contributed by atoms with van der Waals surface area (Å²) in [6.07, 6.45) is 0. The molecule has 0 fully saturated rings. The molecule has 1 heterocycles.